The molecule has 0 aromatic heterocycles. The number of hydrogen-bond donors (Lipinski definition) is 0. The Labute approximate surface area is 114 Å². The zero-order valence-corrected chi connectivity index (χ0v) is 11.6. The van der Waals surface area contributed by atoms with Crippen LogP contribution < -0.4 is 0 Å². The maximum atomic E-state index is 12.9. The van der Waals surface area contributed by atoms with Gasteiger partial charge in [0.05, 0.1) is 6.07 Å². The summed E-state index contributed by atoms with van der Waals surface area (Å²) >= 11 is 0. The average molecular weight is 261 g/mol. The van der Waals surface area contributed by atoms with Crippen LogP contribution in [0, 0.1) is 17.1 Å². The predicted molar refractivity (Wildman–Crippen MR) is 73.2 cm³/mol. The lowest BCUT2D eigenvalue weighted by Crippen LogP contribution is -2.55. The van der Waals surface area contributed by atoms with E-state index in [0.717, 1.165) is 31.7 Å². The lowest BCUT2D eigenvalue weighted by Gasteiger charge is -2.41. The number of likely N-dealkylation sites (N-methyl/N-ethyl adjacent to an activating group) is 1. The van der Waals surface area contributed by atoms with Crippen molar-refractivity contribution in [3.05, 3.63) is 35.6 Å². The molecule has 1 unspecified atom stereocenters. The standard InChI is InChI=1S/C15H20FN3/c1-15(12-17,19-9-7-18(2)8-10-19)11-13-3-5-14(16)6-4-13/h3-6H,7-11H2,1-2H3. The summed E-state index contributed by atoms with van der Waals surface area (Å²) in [6, 6.07) is 8.88. The molecule has 19 heavy (non-hydrogen) atoms. The Morgan fingerprint density at radius 1 is 1.21 bits per heavy atom. The highest BCUT2D eigenvalue weighted by Crippen LogP contribution is 2.22. The monoisotopic (exact) mass is 261 g/mol. The largest absolute Gasteiger partial charge is 0.304 e. The second-order valence-corrected chi connectivity index (χ2v) is 5.48. The third kappa shape index (κ3) is 3.31. The minimum Gasteiger partial charge on any atom is -0.304 e. The number of piperazine rings is 1. The summed E-state index contributed by atoms with van der Waals surface area (Å²) in [5.41, 5.74) is 0.489. The molecule has 1 heterocycles. The van der Waals surface area contributed by atoms with E-state index in [0.29, 0.717) is 6.42 Å². The predicted octanol–water partition coefficient (Wildman–Crippen LogP) is 1.90. The van der Waals surface area contributed by atoms with Gasteiger partial charge in [0.15, 0.2) is 0 Å². The van der Waals surface area contributed by atoms with Crippen LogP contribution in [0.5, 0.6) is 0 Å². The number of benzene rings is 1. The van der Waals surface area contributed by atoms with Crippen molar-refractivity contribution in [1.29, 1.82) is 5.26 Å². The van der Waals surface area contributed by atoms with Crippen LogP contribution in [0.25, 0.3) is 0 Å². The average Bonchev–Trinajstić information content (AvgIpc) is 2.42. The van der Waals surface area contributed by atoms with E-state index < -0.39 is 5.54 Å². The summed E-state index contributed by atoms with van der Waals surface area (Å²) in [6.45, 7) is 5.76. The molecule has 102 valence electrons. The fraction of sp³-hybridized carbons (Fsp3) is 0.533. The van der Waals surface area contributed by atoms with Crippen LogP contribution in [0.4, 0.5) is 4.39 Å². The van der Waals surface area contributed by atoms with Gasteiger partial charge >= 0.3 is 0 Å². The van der Waals surface area contributed by atoms with Crippen LogP contribution >= 0.6 is 0 Å². The first-order valence-corrected chi connectivity index (χ1v) is 6.63. The van der Waals surface area contributed by atoms with Crippen molar-refractivity contribution in [1.82, 2.24) is 9.80 Å². The first-order chi connectivity index (χ1) is 9.03. The molecular weight excluding hydrogens is 241 g/mol. The first kappa shape index (κ1) is 14.0. The van der Waals surface area contributed by atoms with Crippen LogP contribution in [0.1, 0.15) is 12.5 Å². The van der Waals surface area contributed by atoms with Crippen molar-refractivity contribution < 1.29 is 4.39 Å². The summed E-state index contributed by atoms with van der Waals surface area (Å²) < 4.78 is 12.9. The summed E-state index contributed by atoms with van der Waals surface area (Å²) in [4.78, 5) is 4.50. The van der Waals surface area contributed by atoms with Gasteiger partial charge in [-0.1, -0.05) is 12.1 Å². The molecule has 1 atom stereocenters. The first-order valence-electron chi connectivity index (χ1n) is 6.63. The molecule has 0 aliphatic carbocycles. The van der Waals surface area contributed by atoms with Crippen LogP contribution in [0.3, 0.4) is 0 Å². The molecule has 1 aliphatic heterocycles. The van der Waals surface area contributed by atoms with Crippen LogP contribution in [0.15, 0.2) is 24.3 Å². The lowest BCUT2D eigenvalue weighted by atomic mass is 9.91. The molecule has 4 heteroatoms. The van der Waals surface area contributed by atoms with Gasteiger partial charge in [-0.2, -0.15) is 5.26 Å². The van der Waals surface area contributed by atoms with Gasteiger partial charge in [-0.15, -0.1) is 0 Å². The summed E-state index contributed by atoms with van der Waals surface area (Å²) in [5.74, 6) is -0.234. The van der Waals surface area contributed by atoms with Crippen LogP contribution in [-0.4, -0.2) is 48.6 Å². The highest BCUT2D eigenvalue weighted by Gasteiger charge is 2.33. The van der Waals surface area contributed by atoms with E-state index in [-0.39, 0.29) is 5.82 Å². The third-order valence-electron chi connectivity index (χ3n) is 3.90. The molecule has 1 fully saturated rings. The van der Waals surface area contributed by atoms with Gasteiger partial charge in [-0.3, -0.25) is 4.90 Å². The number of rotatable bonds is 3. The summed E-state index contributed by atoms with van der Waals surface area (Å²) in [5, 5.41) is 9.54. The molecule has 1 aromatic rings. The molecule has 0 spiro atoms. The van der Waals surface area contributed by atoms with Crippen molar-refractivity contribution >= 4 is 0 Å². The SMILES string of the molecule is CN1CCN(C(C)(C#N)Cc2ccc(F)cc2)CC1. The normalized spacial score (nSPS) is 20.7. The van der Waals surface area contributed by atoms with Crippen molar-refractivity contribution in [2.24, 2.45) is 0 Å². The minimum atomic E-state index is -0.515. The number of nitrogens with zero attached hydrogens (tertiary/aromatic N) is 3. The highest BCUT2D eigenvalue weighted by molar-refractivity contribution is 5.22. The second-order valence-electron chi connectivity index (χ2n) is 5.48. The van der Waals surface area contributed by atoms with Crippen molar-refractivity contribution in [2.45, 2.75) is 18.9 Å². The van der Waals surface area contributed by atoms with Crippen LogP contribution in [-0.2, 0) is 6.42 Å². The summed E-state index contributed by atoms with van der Waals surface area (Å²) in [7, 11) is 2.10. The Kier molecular flexibility index (Phi) is 4.18. The molecule has 3 nitrogen and oxygen atoms in total. The molecule has 0 radical (unpaired) electrons. The van der Waals surface area contributed by atoms with Gasteiger partial charge in [-0.05, 0) is 31.7 Å². The Bertz CT molecular complexity index is 457. The van der Waals surface area contributed by atoms with E-state index in [2.05, 4.69) is 22.9 Å². The van der Waals surface area contributed by atoms with Gasteiger partial charge in [0.2, 0.25) is 0 Å². The molecule has 1 aromatic carbocycles. The summed E-state index contributed by atoms with van der Waals surface area (Å²) in [6.07, 6.45) is 0.632. The molecule has 2 rings (SSSR count). The third-order valence-corrected chi connectivity index (χ3v) is 3.90. The van der Waals surface area contributed by atoms with E-state index in [1.807, 2.05) is 6.92 Å². The molecule has 1 saturated heterocycles. The number of halogens is 1. The van der Waals surface area contributed by atoms with Gasteiger partial charge in [0, 0.05) is 32.6 Å². The Balaban J connectivity index is 2.09. The maximum absolute atomic E-state index is 12.9. The van der Waals surface area contributed by atoms with E-state index in [9.17, 15) is 9.65 Å². The van der Waals surface area contributed by atoms with Crippen molar-refractivity contribution in [2.75, 3.05) is 33.2 Å². The molecule has 0 bridgehead atoms. The topological polar surface area (TPSA) is 30.3 Å². The molecule has 1 aliphatic rings. The highest BCUT2D eigenvalue weighted by atomic mass is 19.1. The molecule has 0 amide bonds. The van der Waals surface area contributed by atoms with E-state index in [4.69, 9.17) is 0 Å². The van der Waals surface area contributed by atoms with Crippen LogP contribution in [0.2, 0.25) is 0 Å². The zero-order valence-electron chi connectivity index (χ0n) is 11.6. The van der Waals surface area contributed by atoms with Crippen molar-refractivity contribution in [3.63, 3.8) is 0 Å². The number of hydrogen-bond acceptors (Lipinski definition) is 3. The minimum absolute atomic E-state index is 0.234. The van der Waals surface area contributed by atoms with Crippen molar-refractivity contribution in [3.8, 4) is 6.07 Å². The van der Waals surface area contributed by atoms with Gasteiger partial charge in [0.1, 0.15) is 11.4 Å². The quantitative estimate of drug-likeness (QED) is 0.832. The van der Waals surface area contributed by atoms with Gasteiger partial charge < -0.3 is 4.90 Å². The Hall–Kier alpha value is -1.44. The fourth-order valence-electron chi connectivity index (χ4n) is 2.52. The maximum Gasteiger partial charge on any atom is 0.123 e. The lowest BCUT2D eigenvalue weighted by molar-refractivity contribution is 0.0835. The molecule has 0 saturated carbocycles. The molecular formula is C15H20FN3. The fourth-order valence-corrected chi connectivity index (χ4v) is 2.52. The van der Waals surface area contributed by atoms with Gasteiger partial charge in [0.25, 0.3) is 0 Å². The van der Waals surface area contributed by atoms with E-state index in [1.54, 1.807) is 12.1 Å². The van der Waals surface area contributed by atoms with Gasteiger partial charge in [-0.25, -0.2) is 4.39 Å². The smallest absolute Gasteiger partial charge is 0.123 e. The zero-order chi connectivity index (χ0) is 13.9. The Morgan fingerprint density at radius 3 is 2.32 bits per heavy atom. The van der Waals surface area contributed by atoms with E-state index in [1.165, 1.54) is 12.1 Å². The number of nitriles is 1. The molecule has 0 N–H and O–H groups in total. The van der Waals surface area contributed by atoms with E-state index >= 15 is 0 Å². The second kappa shape index (κ2) is 5.68. The Morgan fingerprint density at radius 2 is 1.79 bits per heavy atom.